The number of benzene rings is 2. The Labute approximate surface area is 114 Å². The van der Waals surface area contributed by atoms with Crippen molar-refractivity contribution < 1.29 is 13.7 Å². The maximum absolute atomic E-state index is 13.6. The van der Waals surface area contributed by atoms with Crippen LogP contribution in [0.25, 0.3) is 0 Å². The summed E-state index contributed by atoms with van der Waals surface area (Å²) in [5.74, 6) is -1.06. The van der Waals surface area contributed by atoms with Gasteiger partial charge in [-0.2, -0.15) is 0 Å². The third-order valence-electron chi connectivity index (χ3n) is 2.86. The standard InChI is InChI=1S/C14H12F2N2O2/c1-9(13-7-10(15)5-6-14(13)16)17-11-3-2-4-12(8-11)18(19)20/h2-9,17H,1H3. The van der Waals surface area contributed by atoms with E-state index in [1.807, 2.05) is 0 Å². The van der Waals surface area contributed by atoms with E-state index in [4.69, 9.17) is 0 Å². The van der Waals surface area contributed by atoms with Gasteiger partial charge in [-0.1, -0.05) is 6.07 Å². The Bertz CT molecular complexity index is 647. The Balaban J connectivity index is 2.23. The van der Waals surface area contributed by atoms with Gasteiger partial charge >= 0.3 is 0 Å². The fraction of sp³-hybridized carbons (Fsp3) is 0.143. The number of anilines is 1. The van der Waals surface area contributed by atoms with E-state index in [1.54, 1.807) is 13.0 Å². The Morgan fingerprint density at radius 1 is 1.20 bits per heavy atom. The Morgan fingerprint density at radius 2 is 1.95 bits per heavy atom. The number of nitro benzene ring substituents is 1. The molecule has 2 aromatic carbocycles. The van der Waals surface area contributed by atoms with Crippen LogP contribution in [0.4, 0.5) is 20.2 Å². The number of halogens is 2. The monoisotopic (exact) mass is 278 g/mol. The highest BCUT2D eigenvalue weighted by Crippen LogP contribution is 2.24. The van der Waals surface area contributed by atoms with E-state index in [1.165, 1.54) is 18.2 Å². The summed E-state index contributed by atoms with van der Waals surface area (Å²) in [6.45, 7) is 1.65. The molecule has 2 aromatic rings. The van der Waals surface area contributed by atoms with Gasteiger partial charge in [0.2, 0.25) is 0 Å². The van der Waals surface area contributed by atoms with E-state index in [0.717, 1.165) is 18.2 Å². The van der Waals surface area contributed by atoms with E-state index in [-0.39, 0.29) is 11.3 Å². The van der Waals surface area contributed by atoms with Gasteiger partial charge in [-0.15, -0.1) is 0 Å². The normalized spacial score (nSPS) is 11.9. The summed E-state index contributed by atoms with van der Waals surface area (Å²) in [5, 5.41) is 13.6. The average Bonchev–Trinajstić information content (AvgIpc) is 2.41. The second-order valence-electron chi connectivity index (χ2n) is 4.34. The van der Waals surface area contributed by atoms with Crippen molar-refractivity contribution in [3.05, 3.63) is 69.8 Å². The fourth-order valence-corrected chi connectivity index (χ4v) is 1.88. The van der Waals surface area contributed by atoms with Gasteiger partial charge in [-0.25, -0.2) is 8.78 Å². The summed E-state index contributed by atoms with van der Waals surface area (Å²) < 4.78 is 26.7. The summed E-state index contributed by atoms with van der Waals surface area (Å²) in [4.78, 5) is 10.2. The molecule has 1 atom stereocenters. The zero-order valence-electron chi connectivity index (χ0n) is 10.6. The van der Waals surface area contributed by atoms with Gasteiger partial charge < -0.3 is 5.32 Å². The number of nitrogens with one attached hydrogen (secondary N) is 1. The summed E-state index contributed by atoms with van der Waals surface area (Å²) in [7, 11) is 0. The van der Waals surface area contributed by atoms with E-state index in [2.05, 4.69) is 5.32 Å². The molecule has 6 heteroatoms. The zero-order valence-corrected chi connectivity index (χ0v) is 10.6. The molecule has 0 radical (unpaired) electrons. The molecular weight excluding hydrogens is 266 g/mol. The van der Waals surface area contributed by atoms with E-state index in [0.29, 0.717) is 5.69 Å². The molecule has 0 aliphatic rings. The van der Waals surface area contributed by atoms with Crippen LogP contribution >= 0.6 is 0 Å². The quantitative estimate of drug-likeness (QED) is 0.678. The molecule has 0 saturated heterocycles. The van der Waals surface area contributed by atoms with Crippen molar-refractivity contribution in [1.82, 2.24) is 0 Å². The lowest BCUT2D eigenvalue weighted by Crippen LogP contribution is -2.09. The van der Waals surface area contributed by atoms with Gasteiger partial charge in [0, 0.05) is 23.4 Å². The molecule has 1 N–H and O–H groups in total. The first-order chi connectivity index (χ1) is 9.47. The molecule has 2 rings (SSSR count). The van der Waals surface area contributed by atoms with Crippen LogP contribution < -0.4 is 5.32 Å². The van der Waals surface area contributed by atoms with Crippen LogP contribution in [-0.2, 0) is 0 Å². The first-order valence-corrected chi connectivity index (χ1v) is 5.93. The molecule has 0 aliphatic heterocycles. The lowest BCUT2D eigenvalue weighted by molar-refractivity contribution is -0.384. The number of rotatable bonds is 4. The van der Waals surface area contributed by atoms with Crippen molar-refractivity contribution in [1.29, 1.82) is 0 Å². The molecule has 1 unspecified atom stereocenters. The molecule has 0 heterocycles. The molecule has 0 amide bonds. The highest BCUT2D eigenvalue weighted by atomic mass is 19.1. The Morgan fingerprint density at radius 3 is 2.65 bits per heavy atom. The third kappa shape index (κ3) is 3.09. The van der Waals surface area contributed by atoms with E-state index >= 15 is 0 Å². The van der Waals surface area contributed by atoms with Crippen LogP contribution in [0.15, 0.2) is 42.5 Å². The molecule has 0 aromatic heterocycles. The van der Waals surface area contributed by atoms with Gasteiger partial charge in [-0.3, -0.25) is 10.1 Å². The summed E-state index contributed by atoms with van der Waals surface area (Å²) >= 11 is 0. The summed E-state index contributed by atoms with van der Waals surface area (Å²) in [6.07, 6.45) is 0. The minimum Gasteiger partial charge on any atom is -0.378 e. The van der Waals surface area contributed by atoms with Crippen molar-refractivity contribution in [2.75, 3.05) is 5.32 Å². The molecule has 104 valence electrons. The van der Waals surface area contributed by atoms with E-state index < -0.39 is 22.6 Å². The van der Waals surface area contributed by atoms with Crippen molar-refractivity contribution in [2.24, 2.45) is 0 Å². The predicted octanol–water partition coefficient (Wildman–Crippen LogP) is 4.05. The lowest BCUT2D eigenvalue weighted by Gasteiger charge is -2.16. The van der Waals surface area contributed by atoms with Crippen molar-refractivity contribution in [3.8, 4) is 0 Å². The number of hydrogen-bond donors (Lipinski definition) is 1. The van der Waals surface area contributed by atoms with Gasteiger partial charge in [0.1, 0.15) is 11.6 Å². The van der Waals surface area contributed by atoms with Gasteiger partial charge in [0.05, 0.1) is 11.0 Å². The van der Waals surface area contributed by atoms with Crippen LogP contribution in [0, 0.1) is 21.7 Å². The summed E-state index contributed by atoms with van der Waals surface area (Å²) in [5.41, 5.74) is 0.564. The van der Waals surface area contributed by atoms with Crippen LogP contribution in [0.1, 0.15) is 18.5 Å². The average molecular weight is 278 g/mol. The number of non-ortho nitro benzene ring substituents is 1. The second kappa shape index (κ2) is 5.64. The van der Waals surface area contributed by atoms with Crippen LogP contribution in [0.3, 0.4) is 0 Å². The topological polar surface area (TPSA) is 55.2 Å². The third-order valence-corrected chi connectivity index (χ3v) is 2.86. The predicted molar refractivity (Wildman–Crippen MR) is 71.5 cm³/mol. The number of hydrogen-bond acceptors (Lipinski definition) is 3. The molecule has 0 fully saturated rings. The molecule has 0 spiro atoms. The molecule has 20 heavy (non-hydrogen) atoms. The first-order valence-electron chi connectivity index (χ1n) is 5.93. The second-order valence-corrected chi connectivity index (χ2v) is 4.34. The van der Waals surface area contributed by atoms with Crippen LogP contribution in [-0.4, -0.2) is 4.92 Å². The molecule has 0 bridgehead atoms. The smallest absolute Gasteiger partial charge is 0.271 e. The van der Waals surface area contributed by atoms with Crippen molar-refractivity contribution >= 4 is 11.4 Å². The van der Waals surface area contributed by atoms with Crippen molar-refractivity contribution in [3.63, 3.8) is 0 Å². The minimum absolute atomic E-state index is 0.0677. The maximum Gasteiger partial charge on any atom is 0.271 e. The first kappa shape index (κ1) is 13.9. The largest absolute Gasteiger partial charge is 0.378 e. The van der Waals surface area contributed by atoms with Crippen LogP contribution in [0.2, 0.25) is 0 Å². The lowest BCUT2D eigenvalue weighted by atomic mass is 10.1. The van der Waals surface area contributed by atoms with E-state index in [9.17, 15) is 18.9 Å². The minimum atomic E-state index is -0.533. The molecular formula is C14H12F2N2O2. The molecule has 0 aliphatic carbocycles. The molecule has 4 nitrogen and oxygen atoms in total. The van der Waals surface area contributed by atoms with Crippen molar-refractivity contribution in [2.45, 2.75) is 13.0 Å². The Hall–Kier alpha value is -2.50. The SMILES string of the molecule is CC(Nc1cccc([N+](=O)[O-])c1)c1cc(F)ccc1F. The maximum atomic E-state index is 13.6. The number of nitro groups is 1. The van der Waals surface area contributed by atoms with Crippen LogP contribution in [0.5, 0.6) is 0 Å². The number of nitrogens with zero attached hydrogens (tertiary/aromatic N) is 1. The summed E-state index contributed by atoms with van der Waals surface area (Å²) in [6, 6.07) is 8.52. The zero-order chi connectivity index (χ0) is 14.7. The fourth-order valence-electron chi connectivity index (χ4n) is 1.88. The van der Waals surface area contributed by atoms with Gasteiger partial charge in [-0.05, 0) is 31.2 Å². The van der Waals surface area contributed by atoms with Gasteiger partial charge in [0.15, 0.2) is 0 Å². The Kier molecular flexibility index (Phi) is 3.93. The molecule has 0 saturated carbocycles. The highest BCUT2D eigenvalue weighted by molar-refractivity contribution is 5.52. The highest BCUT2D eigenvalue weighted by Gasteiger charge is 2.13. The van der Waals surface area contributed by atoms with Gasteiger partial charge in [0.25, 0.3) is 5.69 Å².